The predicted molar refractivity (Wildman–Crippen MR) is 107 cm³/mol. The van der Waals surface area contributed by atoms with Gasteiger partial charge in [0, 0.05) is 11.1 Å². The summed E-state index contributed by atoms with van der Waals surface area (Å²) in [7, 11) is 0. The number of aromatic nitrogens is 1. The highest BCUT2D eigenvalue weighted by atomic mass is 32.2. The highest BCUT2D eigenvalue weighted by Crippen LogP contribution is 2.17. The minimum atomic E-state index is 0.518. The average Bonchev–Trinajstić information content (AvgIpc) is 2.65. The number of rotatable bonds is 5. The average molecular weight is 352 g/mol. The fourth-order valence-electron chi connectivity index (χ4n) is 2.08. The van der Waals surface area contributed by atoms with Crippen LogP contribution in [0, 0.1) is 13.8 Å². The molecule has 3 rings (SSSR count). The zero-order valence-electron chi connectivity index (χ0n) is 15.1. The van der Waals surface area contributed by atoms with E-state index in [4.69, 9.17) is 4.74 Å². The number of pyridine rings is 1. The summed E-state index contributed by atoms with van der Waals surface area (Å²) in [5.74, 6) is 2.04. The van der Waals surface area contributed by atoms with Crippen LogP contribution in [-0.4, -0.2) is 10.7 Å². The van der Waals surface area contributed by atoms with Crippen molar-refractivity contribution in [2.45, 2.75) is 32.3 Å². The molecule has 0 aliphatic rings. The molecule has 0 N–H and O–H groups in total. The van der Waals surface area contributed by atoms with Crippen molar-refractivity contribution in [2.75, 3.05) is 5.75 Å². The molecule has 25 heavy (non-hydrogen) atoms. The molecule has 1 heterocycles. The molecule has 0 aliphatic heterocycles. The molecule has 2 nitrogen and oxygen atoms in total. The lowest BCUT2D eigenvalue weighted by Gasteiger charge is -2.05. The van der Waals surface area contributed by atoms with E-state index in [0.717, 1.165) is 17.2 Å². The Labute approximate surface area is 155 Å². The van der Waals surface area contributed by atoms with Gasteiger partial charge in [-0.05, 0) is 56.0 Å². The van der Waals surface area contributed by atoms with Crippen LogP contribution in [0.1, 0.15) is 23.7 Å². The lowest BCUT2D eigenvalue weighted by molar-refractivity contribution is 0.301. The quantitative estimate of drug-likeness (QED) is 0.520. The SMILES string of the molecule is CCSc1ccc(C)cc1.Cc1ccc(OCc2ccccn2)cc1. The maximum absolute atomic E-state index is 5.58. The fraction of sp³-hybridized carbons (Fsp3) is 0.227. The van der Waals surface area contributed by atoms with Gasteiger partial charge in [0.05, 0.1) is 5.69 Å². The molecular formula is C22H25NOS. The van der Waals surface area contributed by atoms with Gasteiger partial charge in [0.15, 0.2) is 0 Å². The van der Waals surface area contributed by atoms with Gasteiger partial charge in [-0.2, -0.15) is 0 Å². The molecular weight excluding hydrogens is 326 g/mol. The normalized spacial score (nSPS) is 9.88. The van der Waals surface area contributed by atoms with E-state index in [2.05, 4.69) is 50.0 Å². The number of nitrogens with zero attached hydrogens (tertiary/aromatic N) is 1. The first kappa shape index (κ1) is 19.1. The molecule has 3 aromatic rings. The molecule has 0 unspecified atom stereocenters. The molecule has 130 valence electrons. The third-order valence-corrected chi connectivity index (χ3v) is 4.36. The first-order valence-electron chi connectivity index (χ1n) is 8.46. The second-order valence-corrected chi connectivity index (χ2v) is 7.01. The van der Waals surface area contributed by atoms with Gasteiger partial charge in [-0.1, -0.05) is 48.4 Å². The van der Waals surface area contributed by atoms with E-state index in [1.807, 2.05) is 54.2 Å². The minimum absolute atomic E-state index is 0.518. The standard InChI is InChI=1S/C13H13NO.C9H12S/c1-11-5-7-13(8-6-11)15-10-12-4-2-3-9-14-12;1-3-10-9-6-4-8(2)5-7-9/h2-9H,10H2,1H3;4-7H,3H2,1-2H3. The third-order valence-electron chi connectivity index (χ3n) is 3.47. The second-order valence-electron chi connectivity index (χ2n) is 5.67. The van der Waals surface area contributed by atoms with Gasteiger partial charge in [0.25, 0.3) is 0 Å². The van der Waals surface area contributed by atoms with Gasteiger partial charge in [0.1, 0.15) is 12.4 Å². The van der Waals surface area contributed by atoms with Gasteiger partial charge in [0.2, 0.25) is 0 Å². The lowest BCUT2D eigenvalue weighted by Crippen LogP contribution is -1.97. The van der Waals surface area contributed by atoms with Crippen LogP contribution in [0.3, 0.4) is 0 Å². The van der Waals surface area contributed by atoms with E-state index in [0.29, 0.717) is 6.61 Å². The zero-order chi connectivity index (χ0) is 17.9. The Balaban J connectivity index is 0.000000196. The van der Waals surface area contributed by atoms with Gasteiger partial charge >= 0.3 is 0 Å². The van der Waals surface area contributed by atoms with Crippen molar-refractivity contribution in [3.8, 4) is 5.75 Å². The summed E-state index contributed by atoms with van der Waals surface area (Å²) in [6.45, 7) is 6.86. The number of hydrogen-bond acceptors (Lipinski definition) is 3. The van der Waals surface area contributed by atoms with Crippen molar-refractivity contribution in [2.24, 2.45) is 0 Å². The molecule has 0 saturated heterocycles. The summed E-state index contributed by atoms with van der Waals surface area (Å²) in [5.41, 5.74) is 3.51. The van der Waals surface area contributed by atoms with Gasteiger partial charge in [-0.3, -0.25) is 4.98 Å². The van der Waals surface area contributed by atoms with Crippen molar-refractivity contribution in [1.82, 2.24) is 4.98 Å². The Morgan fingerprint density at radius 3 is 2.04 bits per heavy atom. The summed E-state index contributed by atoms with van der Waals surface area (Å²) < 4.78 is 5.58. The largest absolute Gasteiger partial charge is 0.487 e. The molecule has 0 fully saturated rings. The van der Waals surface area contributed by atoms with Crippen molar-refractivity contribution in [3.05, 3.63) is 89.7 Å². The summed E-state index contributed by atoms with van der Waals surface area (Å²) in [5, 5.41) is 0. The molecule has 0 aliphatic carbocycles. The Bertz CT molecular complexity index is 724. The third kappa shape index (κ3) is 7.44. The first-order chi connectivity index (χ1) is 12.2. The molecule has 2 aromatic carbocycles. The fourth-order valence-corrected chi connectivity index (χ4v) is 2.74. The van der Waals surface area contributed by atoms with Crippen LogP contribution in [0.5, 0.6) is 5.75 Å². The van der Waals surface area contributed by atoms with Crippen LogP contribution in [-0.2, 0) is 6.61 Å². The topological polar surface area (TPSA) is 22.1 Å². The van der Waals surface area contributed by atoms with Crippen LogP contribution < -0.4 is 4.74 Å². The van der Waals surface area contributed by atoms with Crippen molar-refractivity contribution in [3.63, 3.8) is 0 Å². The number of benzene rings is 2. The van der Waals surface area contributed by atoms with Crippen molar-refractivity contribution >= 4 is 11.8 Å². The summed E-state index contributed by atoms with van der Waals surface area (Å²) >= 11 is 1.88. The van der Waals surface area contributed by atoms with Crippen LogP contribution in [0.4, 0.5) is 0 Å². The number of aryl methyl sites for hydroxylation is 2. The van der Waals surface area contributed by atoms with Crippen LogP contribution in [0.2, 0.25) is 0 Å². The molecule has 3 heteroatoms. The van der Waals surface area contributed by atoms with E-state index in [9.17, 15) is 0 Å². The first-order valence-corrected chi connectivity index (χ1v) is 9.45. The molecule has 0 amide bonds. The Kier molecular flexibility index (Phi) is 8.06. The zero-order valence-corrected chi connectivity index (χ0v) is 15.9. The van der Waals surface area contributed by atoms with Gasteiger partial charge in [-0.15, -0.1) is 11.8 Å². The van der Waals surface area contributed by atoms with Crippen LogP contribution in [0.25, 0.3) is 0 Å². The summed E-state index contributed by atoms with van der Waals surface area (Å²) in [6.07, 6.45) is 1.77. The number of hydrogen-bond donors (Lipinski definition) is 0. The van der Waals surface area contributed by atoms with Crippen LogP contribution in [0.15, 0.2) is 77.8 Å². The highest BCUT2D eigenvalue weighted by Gasteiger charge is 1.95. The Hall–Kier alpha value is -2.26. The monoisotopic (exact) mass is 351 g/mol. The maximum Gasteiger partial charge on any atom is 0.130 e. The number of thioether (sulfide) groups is 1. The van der Waals surface area contributed by atoms with Crippen LogP contribution >= 0.6 is 11.8 Å². The molecule has 0 bridgehead atoms. The molecule has 0 spiro atoms. The van der Waals surface area contributed by atoms with Gasteiger partial charge < -0.3 is 4.74 Å². The van der Waals surface area contributed by atoms with Crippen molar-refractivity contribution in [1.29, 1.82) is 0 Å². The van der Waals surface area contributed by atoms with Crippen molar-refractivity contribution < 1.29 is 4.74 Å². The molecule has 0 radical (unpaired) electrons. The second kappa shape index (κ2) is 10.6. The smallest absolute Gasteiger partial charge is 0.130 e. The van der Waals surface area contributed by atoms with E-state index < -0.39 is 0 Å². The Morgan fingerprint density at radius 2 is 1.48 bits per heavy atom. The highest BCUT2D eigenvalue weighted by molar-refractivity contribution is 7.99. The lowest BCUT2D eigenvalue weighted by atomic mass is 10.2. The minimum Gasteiger partial charge on any atom is -0.487 e. The number of ether oxygens (including phenoxy) is 1. The van der Waals surface area contributed by atoms with E-state index in [-0.39, 0.29) is 0 Å². The van der Waals surface area contributed by atoms with Gasteiger partial charge in [-0.25, -0.2) is 0 Å². The summed E-state index contributed by atoms with van der Waals surface area (Å²) in [6, 6.07) is 22.5. The van der Waals surface area contributed by atoms with E-state index in [1.54, 1.807) is 6.20 Å². The summed E-state index contributed by atoms with van der Waals surface area (Å²) in [4.78, 5) is 5.55. The van der Waals surface area contributed by atoms with E-state index >= 15 is 0 Å². The maximum atomic E-state index is 5.58. The predicted octanol–water partition coefficient (Wildman–Crippen LogP) is 6.08. The molecule has 0 saturated carbocycles. The Morgan fingerprint density at radius 1 is 0.840 bits per heavy atom. The molecule has 0 atom stereocenters. The van der Waals surface area contributed by atoms with E-state index in [1.165, 1.54) is 16.0 Å². The molecule has 1 aromatic heterocycles.